The van der Waals surface area contributed by atoms with Crippen LogP contribution in [0.15, 0.2) is 41.8 Å². The van der Waals surface area contributed by atoms with Gasteiger partial charge in [0.15, 0.2) is 0 Å². The zero-order chi connectivity index (χ0) is 15.1. The van der Waals surface area contributed by atoms with Crippen LogP contribution in [0.25, 0.3) is 0 Å². The smallest absolute Gasteiger partial charge is 0.227 e. The van der Waals surface area contributed by atoms with E-state index in [2.05, 4.69) is 24.4 Å². The lowest BCUT2D eigenvalue weighted by molar-refractivity contribution is -0.118. The van der Waals surface area contributed by atoms with Gasteiger partial charge in [-0.25, -0.2) is 0 Å². The number of benzene rings is 1. The SMILES string of the molecule is CCCN(C(=O)CCCc1cccs1)c1ccccc1N. The molecule has 0 saturated heterocycles. The second kappa shape index (κ2) is 7.84. The van der Waals surface area contributed by atoms with Gasteiger partial charge >= 0.3 is 0 Å². The van der Waals surface area contributed by atoms with Crippen molar-refractivity contribution in [2.75, 3.05) is 17.2 Å². The van der Waals surface area contributed by atoms with Crippen LogP contribution in [-0.2, 0) is 11.2 Å². The Morgan fingerprint density at radius 3 is 2.71 bits per heavy atom. The van der Waals surface area contributed by atoms with E-state index in [4.69, 9.17) is 5.73 Å². The Balaban J connectivity index is 1.97. The maximum atomic E-state index is 12.5. The molecule has 2 aromatic rings. The molecule has 1 aromatic carbocycles. The molecule has 0 aliphatic carbocycles. The largest absolute Gasteiger partial charge is 0.397 e. The van der Waals surface area contributed by atoms with Gasteiger partial charge in [0.05, 0.1) is 11.4 Å². The van der Waals surface area contributed by atoms with E-state index in [1.807, 2.05) is 29.2 Å². The van der Waals surface area contributed by atoms with E-state index in [9.17, 15) is 4.79 Å². The van der Waals surface area contributed by atoms with Crippen molar-refractivity contribution >= 4 is 28.6 Å². The van der Waals surface area contributed by atoms with Gasteiger partial charge in [-0.2, -0.15) is 0 Å². The minimum atomic E-state index is 0.159. The topological polar surface area (TPSA) is 46.3 Å². The molecule has 2 N–H and O–H groups in total. The van der Waals surface area contributed by atoms with Crippen molar-refractivity contribution in [2.45, 2.75) is 32.6 Å². The third-order valence-corrected chi connectivity index (χ3v) is 4.31. The van der Waals surface area contributed by atoms with E-state index >= 15 is 0 Å². The van der Waals surface area contributed by atoms with E-state index in [0.717, 1.165) is 24.9 Å². The number of nitrogens with zero attached hydrogens (tertiary/aromatic N) is 1. The van der Waals surface area contributed by atoms with Crippen molar-refractivity contribution < 1.29 is 4.79 Å². The molecule has 0 spiro atoms. The lowest BCUT2D eigenvalue weighted by Gasteiger charge is -2.23. The molecular weight excluding hydrogens is 280 g/mol. The fourth-order valence-electron chi connectivity index (χ4n) is 2.34. The molecular formula is C17H22N2OS. The number of hydrogen-bond acceptors (Lipinski definition) is 3. The minimum absolute atomic E-state index is 0.159. The van der Waals surface area contributed by atoms with Crippen LogP contribution in [0.1, 0.15) is 31.1 Å². The molecule has 21 heavy (non-hydrogen) atoms. The van der Waals surface area contributed by atoms with Gasteiger partial charge in [-0.1, -0.05) is 25.1 Å². The van der Waals surface area contributed by atoms with Gasteiger partial charge in [0.1, 0.15) is 0 Å². The first-order valence-corrected chi connectivity index (χ1v) is 8.27. The van der Waals surface area contributed by atoms with Crippen molar-refractivity contribution in [3.8, 4) is 0 Å². The zero-order valence-corrected chi connectivity index (χ0v) is 13.2. The molecule has 1 amide bonds. The Bertz CT molecular complexity index is 566. The summed E-state index contributed by atoms with van der Waals surface area (Å²) in [4.78, 5) is 15.6. The van der Waals surface area contributed by atoms with Crippen LogP contribution in [0.3, 0.4) is 0 Å². The van der Waals surface area contributed by atoms with Gasteiger partial charge in [0.2, 0.25) is 5.91 Å². The summed E-state index contributed by atoms with van der Waals surface area (Å²) in [5.41, 5.74) is 7.50. The summed E-state index contributed by atoms with van der Waals surface area (Å²) in [6.07, 6.45) is 3.33. The highest BCUT2D eigenvalue weighted by molar-refractivity contribution is 7.09. The van der Waals surface area contributed by atoms with Crippen LogP contribution >= 0.6 is 11.3 Å². The van der Waals surface area contributed by atoms with E-state index < -0.39 is 0 Å². The predicted octanol–water partition coefficient (Wildman–Crippen LogP) is 4.10. The molecule has 0 radical (unpaired) electrons. The molecule has 0 saturated carbocycles. The van der Waals surface area contributed by atoms with Crippen molar-refractivity contribution in [2.24, 2.45) is 0 Å². The standard InChI is InChI=1S/C17H22N2OS/c1-2-12-19(16-10-4-3-9-15(16)18)17(20)11-5-7-14-8-6-13-21-14/h3-4,6,8-10,13H,2,5,7,11-12,18H2,1H3. The first-order chi connectivity index (χ1) is 10.2. The molecule has 1 aromatic heterocycles. The van der Waals surface area contributed by atoms with E-state index in [1.54, 1.807) is 11.3 Å². The van der Waals surface area contributed by atoms with Crippen molar-refractivity contribution in [1.29, 1.82) is 0 Å². The molecule has 0 unspecified atom stereocenters. The number of para-hydroxylation sites is 2. The number of rotatable bonds is 7. The summed E-state index contributed by atoms with van der Waals surface area (Å²) in [7, 11) is 0. The molecule has 112 valence electrons. The Labute approximate surface area is 130 Å². The number of hydrogen-bond donors (Lipinski definition) is 1. The number of nitrogens with two attached hydrogens (primary N) is 1. The van der Waals surface area contributed by atoms with Crippen molar-refractivity contribution in [1.82, 2.24) is 0 Å². The third kappa shape index (κ3) is 4.33. The van der Waals surface area contributed by atoms with Gasteiger partial charge in [0.25, 0.3) is 0 Å². The number of carbonyl (C=O) groups excluding carboxylic acids is 1. The van der Waals surface area contributed by atoms with Crippen LogP contribution in [0, 0.1) is 0 Å². The summed E-state index contributed by atoms with van der Waals surface area (Å²) >= 11 is 1.75. The van der Waals surface area contributed by atoms with Crippen molar-refractivity contribution in [3.63, 3.8) is 0 Å². The molecule has 3 nitrogen and oxygen atoms in total. The summed E-state index contributed by atoms with van der Waals surface area (Å²) in [6.45, 7) is 2.79. The monoisotopic (exact) mass is 302 g/mol. The van der Waals surface area contributed by atoms with Gasteiger partial charge in [-0.05, 0) is 42.8 Å². The average molecular weight is 302 g/mol. The molecule has 0 bridgehead atoms. The highest BCUT2D eigenvalue weighted by Crippen LogP contribution is 2.24. The van der Waals surface area contributed by atoms with Gasteiger partial charge in [-0.3, -0.25) is 4.79 Å². The predicted molar refractivity (Wildman–Crippen MR) is 90.8 cm³/mol. The average Bonchev–Trinajstić information content (AvgIpc) is 2.99. The normalized spacial score (nSPS) is 10.5. The summed E-state index contributed by atoms with van der Waals surface area (Å²) in [6, 6.07) is 11.8. The number of nitrogen functional groups attached to an aromatic ring is 1. The van der Waals surface area contributed by atoms with E-state index in [1.165, 1.54) is 4.88 Å². The maximum absolute atomic E-state index is 12.5. The number of anilines is 2. The molecule has 0 fully saturated rings. The van der Waals surface area contributed by atoms with Crippen LogP contribution in [0.4, 0.5) is 11.4 Å². The molecule has 0 aliphatic rings. The molecule has 2 rings (SSSR count). The summed E-state index contributed by atoms with van der Waals surface area (Å²) in [5.74, 6) is 0.159. The van der Waals surface area contributed by atoms with E-state index in [-0.39, 0.29) is 5.91 Å². The Morgan fingerprint density at radius 1 is 1.24 bits per heavy atom. The highest BCUT2D eigenvalue weighted by atomic mass is 32.1. The molecule has 0 aliphatic heterocycles. The Hall–Kier alpha value is -1.81. The zero-order valence-electron chi connectivity index (χ0n) is 12.4. The number of aryl methyl sites for hydroxylation is 1. The van der Waals surface area contributed by atoms with Crippen LogP contribution in [-0.4, -0.2) is 12.5 Å². The Morgan fingerprint density at radius 2 is 2.05 bits per heavy atom. The molecule has 0 atom stereocenters. The van der Waals surface area contributed by atoms with Gasteiger partial charge in [0, 0.05) is 17.8 Å². The van der Waals surface area contributed by atoms with Gasteiger partial charge in [-0.15, -0.1) is 11.3 Å². The maximum Gasteiger partial charge on any atom is 0.227 e. The third-order valence-electron chi connectivity index (χ3n) is 3.37. The fraction of sp³-hybridized carbons (Fsp3) is 0.353. The van der Waals surface area contributed by atoms with Crippen LogP contribution in [0.2, 0.25) is 0 Å². The van der Waals surface area contributed by atoms with E-state index in [0.29, 0.717) is 18.7 Å². The minimum Gasteiger partial charge on any atom is -0.397 e. The van der Waals surface area contributed by atoms with Crippen LogP contribution in [0.5, 0.6) is 0 Å². The lowest BCUT2D eigenvalue weighted by Crippen LogP contribution is -2.32. The second-order valence-electron chi connectivity index (χ2n) is 5.04. The summed E-state index contributed by atoms with van der Waals surface area (Å²) in [5, 5.41) is 2.07. The first-order valence-electron chi connectivity index (χ1n) is 7.39. The Kier molecular flexibility index (Phi) is 5.81. The first kappa shape index (κ1) is 15.6. The lowest BCUT2D eigenvalue weighted by atomic mass is 10.1. The fourth-order valence-corrected chi connectivity index (χ4v) is 3.09. The van der Waals surface area contributed by atoms with Crippen molar-refractivity contribution in [3.05, 3.63) is 46.7 Å². The highest BCUT2D eigenvalue weighted by Gasteiger charge is 2.16. The number of thiophene rings is 1. The number of carbonyl (C=O) groups is 1. The quantitative estimate of drug-likeness (QED) is 0.783. The van der Waals surface area contributed by atoms with Gasteiger partial charge < -0.3 is 10.6 Å². The number of amides is 1. The van der Waals surface area contributed by atoms with Crippen LogP contribution < -0.4 is 10.6 Å². The summed E-state index contributed by atoms with van der Waals surface area (Å²) < 4.78 is 0. The molecule has 1 heterocycles. The molecule has 4 heteroatoms. The second-order valence-corrected chi connectivity index (χ2v) is 6.07.